The quantitative estimate of drug-likeness (QED) is 0.899. The van der Waals surface area contributed by atoms with Gasteiger partial charge in [0.1, 0.15) is 17.5 Å². The highest BCUT2D eigenvalue weighted by molar-refractivity contribution is 5.38. The normalized spacial score (nSPS) is 14.2. The first-order chi connectivity index (χ1) is 8.97. The average Bonchev–Trinajstić information content (AvgIpc) is 2.38. The summed E-state index contributed by atoms with van der Waals surface area (Å²) in [6.07, 6.45) is 0.360. The van der Waals surface area contributed by atoms with Crippen molar-refractivity contribution in [1.29, 1.82) is 0 Å². The number of hydrogen-bond donors (Lipinski definition) is 1. The van der Waals surface area contributed by atoms with E-state index in [0.29, 0.717) is 12.0 Å². The highest BCUT2D eigenvalue weighted by atomic mass is 19.1. The van der Waals surface area contributed by atoms with Gasteiger partial charge in [-0.05, 0) is 30.2 Å². The molecule has 0 amide bonds. The second kappa shape index (κ2) is 5.05. The average molecular weight is 265 g/mol. The van der Waals surface area contributed by atoms with Gasteiger partial charge in [-0.2, -0.15) is 0 Å². The van der Waals surface area contributed by atoms with E-state index >= 15 is 0 Å². The first-order valence-corrected chi connectivity index (χ1v) is 5.98. The van der Waals surface area contributed by atoms with Gasteiger partial charge in [0.25, 0.3) is 0 Å². The van der Waals surface area contributed by atoms with Crippen LogP contribution in [0.2, 0.25) is 0 Å². The molecule has 0 aliphatic carbocycles. The van der Waals surface area contributed by atoms with Crippen LogP contribution in [0, 0.1) is 17.5 Å². The van der Waals surface area contributed by atoms with Crippen molar-refractivity contribution in [2.75, 3.05) is 0 Å². The van der Waals surface area contributed by atoms with Crippen LogP contribution in [0.4, 0.5) is 13.2 Å². The van der Waals surface area contributed by atoms with E-state index in [1.807, 2.05) is 0 Å². The smallest absolute Gasteiger partial charge is 0.131 e. The van der Waals surface area contributed by atoms with Gasteiger partial charge in [0.15, 0.2) is 0 Å². The molecule has 0 aliphatic rings. The largest absolute Gasteiger partial charge is 0.318 e. The summed E-state index contributed by atoms with van der Waals surface area (Å²) in [5.41, 5.74) is 5.66. The Hall–Kier alpha value is -1.81. The number of nitrogens with two attached hydrogens (primary N) is 1. The Morgan fingerprint density at radius 1 is 1.00 bits per heavy atom. The molecule has 4 heteroatoms. The molecule has 2 aromatic rings. The van der Waals surface area contributed by atoms with E-state index in [9.17, 15) is 13.2 Å². The fourth-order valence-corrected chi connectivity index (χ4v) is 2.17. The Bertz CT molecular complexity index is 598. The van der Waals surface area contributed by atoms with Crippen molar-refractivity contribution in [1.82, 2.24) is 0 Å². The molecule has 0 spiro atoms. The van der Waals surface area contributed by atoms with Crippen LogP contribution in [0.15, 0.2) is 42.5 Å². The van der Waals surface area contributed by atoms with Crippen LogP contribution in [-0.4, -0.2) is 0 Å². The molecule has 0 bridgehead atoms. The molecule has 100 valence electrons. The molecule has 0 saturated carbocycles. The molecule has 0 aromatic heterocycles. The van der Waals surface area contributed by atoms with Gasteiger partial charge >= 0.3 is 0 Å². The van der Waals surface area contributed by atoms with Gasteiger partial charge in [0.05, 0.1) is 5.54 Å². The Morgan fingerprint density at radius 2 is 1.68 bits per heavy atom. The first-order valence-electron chi connectivity index (χ1n) is 5.98. The van der Waals surface area contributed by atoms with Gasteiger partial charge in [0.2, 0.25) is 0 Å². The van der Waals surface area contributed by atoms with Gasteiger partial charge in [-0.25, -0.2) is 13.2 Å². The molecule has 0 radical (unpaired) electrons. The van der Waals surface area contributed by atoms with Crippen molar-refractivity contribution in [2.24, 2.45) is 5.73 Å². The van der Waals surface area contributed by atoms with Crippen LogP contribution in [0.5, 0.6) is 0 Å². The predicted octanol–water partition coefficient (Wildman–Crippen LogP) is 3.72. The van der Waals surface area contributed by atoms with Crippen LogP contribution in [0.1, 0.15) is 24.5 Å². The summed E-state index contributed by atoms with van der Waals surface area (Å²) in [5, 5.41) is 0. The fraction of sp³-hybridized carbons (Fsp3) is 0.200. The molecule has 1 atom stereocenters. The van der Waals surface area contributed by atoms with Crippen molar-refractivity contribution >= 4 is 0 Å². The third-order valence-corrected chi connectivity index (χ3v) is 3.31. The minimum atomic E-state index is -1.18. The SMILES string of the molecule is CCC(N)(c1cccc(F)c1)c1ccc(F)cc1F. The molecule has 0 saturated heterocycles. The van der Waals surface area contributed by atoms with Crippen LogP contribution < -0.4 is 5.73 Å². The Balaban J connectivity index is 2.59. The fourth-order valence-electron chi connectivity index (χ4n) is 2.17. The van der Waals surface area contributed by atoms with Crippen LogP contribution in [0.3, 0.4) is 0 Å². The predicted molar refractivity (Wildman–Crippen MR) is 68.0 cm³/mol. The number of benzene rings is 2. The third kappa shape index (κ3) is 2.49. The van der Waals surface area contributed by atoms with Gasteiger partial charge in [0, 0.05) is 11.6 Å². The third-order valence-electron chi connectivity index (χ3n) is 3.31. The highest BCUT2D eigenvalue weighted by Crippen LogP contribution is 2.32. The summed E-state index contributed by atoms with van der Waals surface area (Å²) in [6.45, 7) is 1.77. The minimum Gasteiger partial charge on any atom is -0.318 e. The Kier molecular flexibility index (Phi) is 3.62. The topological polar surface area (TPSA) is 26.0 Å². The number of halogens is 3. The summed E-state index contributed by atoms with van der Waals surface area (Å²) in [5.74, 6) is -1.84. The molecule has 1 nitrogen and oxygen atoms in total. The maximum absolute atomic E-state index is 13.9. The van der Waals surface area contributed by atoms with Crippen LogP contribution in [0.25, 0.3) is 0 Å². The highest BCUT2D eigenvalue weighted by Gasteiger charge is 2.30. The monoisotopic (exact) mass is 265 g/mol. The number of rotatable bonds is 3. The maximum atomic E-state index is 13.9. The first kappa shape index (κ1) is 13.6. The molecule has 2 aromatic carbocycles. The van der Waals surface area contributed by atoms with Crippen LogP contribution >= 0.6 is 0 Å². The lowest BCUT2D eigenvalue weighted by Crippen LogP contribution is -2.38. The summed E-state index contributed by atoms with van der Waals surface area (Å²) in [4.78, 5) is 0. The van der Waals surface area contributed by atoms with Crippen molar-refractivity contribution < 1.29 is 13.2 Å². The Morgan fingerprint density at radius 3 is 2.26 bits per heavy atom. The standard InChI is InChI=1S/C15H14F3N/c1-2-15(19,10-4-3-5-11(16)8-10)13-7-6-12(17)9-14(13)18/h3-9H,2,19H2,1H3. The zero-order valence-electron chi connectivity index (χ0n) is 10.5. The molecule has 1 unspecified atom stereocenters. The van der Waals surface area contributed by atoms with Crippen molar-refractivity contribution in [2.45, 2.75) is 18.9 Å². The molecular formula is C15H14F3N. The van der Waals surface area contributed by atoms with Crippen molar-refractivity contribution in [3.63, 3.8) is 0 Å². The van der Waals surface area contributed by atoms with E-state index in [1.54, 1.807) is 13.0 Å². The van der Waals surface area contributed by atoms with E-state index in [0.717, 1.165) is 12.1 Å². The zero-order valence-corrected chi connectivity index (χ0v) is 10.5. The second-order valence-corrected chi connectivity index (χ2v) is 4.46. The Labute approximate surface area is 109 Å². The minimum absolute atomic E-state index is 0.155. The van der Waals surface area contributed by atoms with E-state index in [1.165, 1.54) is 24.3 Å². The summed E-state index contributed by atoms with van der Waals surface area (Å²) in [7, 11) is 0. The summed E-state index contributed by atoms with van der Waals surface area (Å²) < 4.78 is 40.2. The van der Waals surface area contributed by atoms with Gasteiger partial charge < -0.3 is 5.73 Å². The lowest BCUT2D eigenvalue weighted by atomic mass is 9.81. The lowest BCUT2D eigenvalue weighted by molar-refractivity contribution is 0.470. The van der Waals surface area contributed by atoms with E-state index in [-0.39, 0.29) is 5.56 Å². The van der Waals surface area contributed by atoms with E-state index < -0.39 is 23.0 Å². The summed E-state index contributed by atoms with van der Waals surface area (Å²) in [6, 6.07) is 8.95. The van der Waals surface area contributed by atoms with E-state index in [4.69, 9.17) is 5.73 Å². The van der Waals surface area contributed by atoms with Crippen molar-refractivity contribution in [3.8, 4) is 0 Å². The summed E-state index contributed by atoms with van der Waals surface area (Å²) >= 11 is 0. The molecule has 0 heterocycles. The van der Waals surface area contributed by atoms with Gasteiger partial charge in [-0.15, -0.1) is 0 Å². The second-order valence-electron chi connectivity index (χ2n) is 4.46. The number of hydrogen-bond acceptors (Lipinski definition) is 1. The lowest BCUT2D eigenvalue weighted by Gasteiger charge is -2.30. The van der Waals surface area contributed by atoms with Crippen molar-refractivity contribution in [3.05, 3.63) is 71.0 Å². The van der Waals surface area contributed by atoms with E-state index in [2.05, 4.69) is 0 Å². The molecule has 19 heavy (non-hydrogen) atoms. The molecular weight excluding hydrogens is 251 g/mol. The molecule has 2 rings (SSSR count). The molecule has 2 N–H and O–H groups in total. The van der Waals surface area contributed by atoms with Crippen LogP contribution in [-0.2, 0) is 5.54 Å². The molecule has 0 fully saturated rings. The maximum Gasteiger partial charge on any atom is 0.131 e. The molecule has 0 aliphatic heterocycles. The van der Waals surface area contributed by atoms with Gasteiger partial charge in [-0.3, -0.25) is 0 Å². The van der Waals surface area contributed by atoms with Gasteiger partial charge in [-0.1, -0.05) is 25.1 Å². The zero-order chi connectivity index (χ0) is 14.0.